The Morgan fingerprint density at radius 2 is 1.29 bits per heavy atom. The Morgan fingerprint density at radius 1 is 0.810 bits per heavy atom. The van der Waals surface area contributed by atoms with E-state index in [2.05, 4.69) is 46.3 Å². The second kappa shape index (κ2) is 13.0. The summed E-state index contributed by atoms with van der Waals surface area (Å²) in [4.78, 5) is 32.1. The third-order valence-electron chi connectivity index (χ3n) is 7.40. The number of carbonyl (C=O) groups is 2. The highest BCUT2D eigenvalue weighted by molar-refractivity contribution is 5.83. The normalized spacial score (nSPS) is 11.9. The Morgan fingerprint density at radius 3 is 1.76 bits per heavy atom. The molecule has 4 aromatic carbocycles. The van der Waals surface area contributed by atoms with Crippen LogP contribution in [0.1, 0.15) is 27.9 Å². The molecule has 7 heteroatoms. The van der Waals surface area contributed by atoms with Crippen molar-refractivity contribution < 1.29 is 14.3 Å². The van der Waals surface area contributed by atoms with Crippen molar-refractivity contribution in [1.29, 1.82) is 0 Å². The van der Waals surface area contributed by atoms with E-state index in [0.717, 1.165) is 22.3 Å². The fourth-order valence-corrected chi connectivity index (χ4v) is 5.37. The summed E-state index contributed by atoms with van der Waals surface area (Å²) in [5.74, 6) is -0.536. The number of esters is 1. The van der Waals surface area contributed by atoms with Crippen molar-refractivity contribution in [3.05, 3.63) is 162 Å². The molecule has 1 aromatic heterocycles. The minimum absolute atomic E-state index is 0.166. The smallest absolute Gasteiger partial charge is 0.328 e. The van der Waals surface area contributed by atoms with Gasteiger partial charge in [-0.1, -0.05) is 121 Å². The first-order chi connectivity index (χ1) is 20.5. The van der Waals surface area contributed by atoms with E-state index in [1.165, 1.54) is 12.0 Å². The van der Waals surface area contributed by atoms with Gasteiger partial charge in [0.2, 0.25) is 0 Å². The molecule has 5 rings (SSSR count). The molecule has 1 heterocycles. The van der Waals surface area contributed by atoms with E-state index in [-0.39, 0.29) is 12.5 Å². The maximum atomic E-state index is 13.1. The maximum absolute atomic E-state index is 13.1. The lowest BCUT2D eigenvalue weighted by molar-refractivity contribution is -0.142. The van der Waals surface area contributed by atoms with Crippen molar-refractivity contribution >= 4 is 12.0 Å². The van der Waals surface area contributed by atoms with Crippen molar-refractivity contribution in [1.82, 2.24) is 19.8 Å². The van der Waals surface area contributed by atoms with E-state index >= 15 is 0 Å². The summed E-state index contributed by atoms with van der Waals surface area (Å²) in [7, 11) is 3.01. The van der Waals surface area contributed by atoms with Gasteiger partial charge in [-0.3, -0.25) is 0 Å². The first-order valence-electron chi connectivity index (χ1n) is 13.9. The van der Waals surface area contributed by atoms with Crippen molar-refractivity contribution in [2.24, 2.45) is 0 Å². The molecule has 0 saturated carbocycles. The average molecular weight is 559 g/mol. The molecule has 42 heavy (non-hydrogen) atoms. The molecule has 0 aliphatic heterocycles. The van der Waals surface area contributed by atoms with Gasteiger partial charge in [0.1, 0.15) is 11.6 Å². The Labute approximate surface area is 246 Å². The van der Waals surface area contributed by atoms with E-state index in [1.807, 2.05) is 91.1 Å². The number of carbonyl (C=O) groups excluding carboxylic acids is 2. The van der Waals surface area contributed by atoms with Crippen LogP contribution in [-0.2, 0) is 28.0 Å². The van der Waals surface area contributed by atoms with E-state index in [0.29, 0.717) is 12.2 Å². The second-order valence-electron chi connectivity index (χ2n) is 10.2. The molecule has 1 N–H and O–H groups in total. The number of urea groups is 1. The standard InChI is InChI=1S/C35H34N4O3/c1-38(24-27-15-7-3-8-16-27)34(41)37-32(33(40)42-2)23-31-25-39(26-36-31)35(28-17-9-4-10-18-28,29-19-11-5-12-20-29)30-21-13-6-14-22-30/h3-22,25-26,32H,23-24H2,1-2H3,(H,37,41)/t32-/m0/s1. The fourth-order valence-electron chi connectivity index (χ4n) is 5.37. The van der Waals surface area contributed by atoms with Crippen LogP contribution in [-0.4, -0.2) is 46.7 Å². The molecular formula is C35H34N4O3. The van der Waals surface area contributed by atoms with Gasteiger partial charge in [-0.05, 0) is 22.3 Å². The lowest BCUT2D eigenvalue weighted by atomic mass is 9.77. The zero-order chi connectivity index (χ0) is 29.4. The fraction of sp³-hybridized carbons (Fsp3) is 0.171. The van der Waals surface area contributed by atoms with Gasteiger partial charge in [0.25, 0.3) is 0 Å². The molecule has 7 nitrogen and oxygen atoms in total. The van der Waals surface area contributed by atoms with Gasteiger partial charge in [0, 0.05) is 26.2 Å². The van der Waals surface area contributed by atoms with Gasteiger partial charge < -0.3 is 19.5 Å². The highest BCUT2D eigenvalue weighted by Crippen LogP contribution is 2.40. The van der Waals surface area contributed by atoms with Crippen LogP contribution in [0.25, 0.3) is 0 Å². The molecule has 2 amide bonds. The highest BCUT2D eigenvalue weighted by atomic mass is 16.5. The Balaban J connectivity index is 1.49. The summed E-state index contributed by atoms with van der Waals surface area (Å²) in [6, 6.07) is 39.2. The number of amides is 2. The van der Waals surface area contributed by atoms with Crippen molar-refractivity contribution in [2.45, 2.75) is 24.5 Å². The molecule has 0 aliphatic rings. The molecule has 0 unspecified atom stereocenters. The van der Waals surface area contributed by atoms with E-state index in [1.54, 1.807) is 13.4 Å². The molecule has 0 saturated heterocycles. The topological polar surface area (TPSA) is 76.5 Å². The summed E-state index contributed by atoms with van der Waals surface area (Å²) < 4.78 is 7.14. The lowest BCUT2D eigenvalue weighted by Gasteiger charge is -2.37. The van der Waals surface area contributed by atoms with Gasteiger partial charge in [-0.15, -0.1) is 0 Å². The van der Waals surface area contributed by atoms with E-state index in [4.69, 9.17) is 9.72 Å². The summed E-state index contributed by atoms with van der Waals surface area (Å²) in [6.45, 7) is 0.406. The van der Waals surface area contributed by atoms with E-state index < -0.39 is 17.6 Å². The predicted octanol–water partition coefficient (Wildman–Crippen LogP) is 5.65. The Kier molecular flexibility index (Phi) is 8.78. The number of hydrogen-bond acceptors (Lipinski definition) is 4. The summed E-state index contributed by atoms with van der Waals surface area (Å²) in [5, 5.41) is 2.84. The van der Waals surface area contributed by atoms with Gasteiger partial charge in [-0.2, -0.15) is 0 Å². The van der Waals surface area contributed by atoms with Crippen LogP contribution in [0, 0.1) is 0 Å². The van der Waals surface area contributed by atoms with Gasteiger partial charge >= 0.3 is 12.0 Å². The first-order valence-corrected chi connectivity index (χ1v) is 13.9. The molecule has 0 spiro atoms. The van der Waals surface area contributed by atoms with Crippen LogP contribution < -0.4 is 5.32 Å². The molecule has 0 aliphatic carbocycles. The number of benzene rings is 4. The summed E-state index contributed by atoms with van der Waals surface area (Å²) in [5.41, 5.74) is 4.09. The average Bonchev–Trinajstić information content (AvgIpc) is 3.51. The second-order valence-corrected chi connectivity index (χ2v) is 10.2. The van der Waals surface area contributed by atoms with Gasteiger partial charge in [0.05, 0.1) is 19.1 Å². The number of imidazole rings is 1. The van der Waals surface area contributed by atoms with Crippen molar-refractivity contribution in [3.63, 3.8) is 0 Å². The predicted molar refractivity (Wildman–Crippen MR) is 163 cm³/mol. The molecule has 0 fully saturated rings. The lowest BCUT2D eigenvalue weighted by Crippen LogP contribution is -2.48. The Bertz CT molecular complexity index is 1490. The minimum atomic E-state index is -0.913. The third-order valence-corrected chi connectivity index (χ3v) is 7.40. The monoisotopic (exact) mass is 558 g/mol. The first kappa shape index (κ1) is 28.4. The van der Waals surface area contributed by atoms with Crippen LogP contribution in [0.2, 0.25) is 0 Å². The van der Waals surface area contributed by atoms with Crippen LogP contribution in [0.5, 0.6) is 0 Å². The maximum Gasteiger partial charge on any atom is 0.328 e. The minimum Gasteiger partial charge on any atom is -0.467 e. The quantitative estimate of drug-likeness (QED) is 0.178. The van der Waals surface area contributed by atoms with Crippen molar-refractivity contribution in [2.75, 3.05) is 14.2 Å². The molecule has 212 valence electrons. The SMILES string of the molecule is COC(=O)[C@H](Cc1cn(C(c2ccccc2)(c2ccccc2)c2ccccc2)cn1)NC(=O)N(C)Cc1ccccc1. The third kappa shape index (κ3) is 5.95. The van der Waals surface area contributed by atoms with Crippen LogP contribution >= 0.6 is 0 Å². The van der Waals surface area contributed by atoms with Crippen molar-refractivity contribution in [3.8, 4) is 0 Å². The number of nitrogens with one attached hydrogen (secondary N) is 1. The van der Waals surface area contributed by atoms with Gasteiger partial charge in [0.15, 0.2) is 0 Å². The zero-order valence-corrected chi connectivity index (χ0v) is 23.8. The summed E-state index contributed by atoms with van der Waals surface area (Å²) in [6.07, 6.45) is 3.90. The number of nitrogens with zero attached hydrogens (tertiary/aromatic N) is 3. The summed E-state index contributed by atoms with van der Waals surface area (Å²) >= 11 is 0. The van der Waals surface area contributed by atoms with Gasteiger partial charge in [-0.25, -0.2) is 14.6 Å². The molecular weight excluding hydrogens is 524 g/mol. The largest absolute Gasteiger partial charge is 0.467 e. The number of rotatable bonds is 10. The number of ether oxygens (including phenoxy) is 1. The number of aromatic nitrogens is 2. The number of hydrogen-bond donors (Lipinski definition) is 1. The molecule has 5 aromatic rings. The Hall–Kier alpha value is -5.17. The highest BCUT2D eigenvalue weighted by Gasteiger charge is 2.38. The molecule has 0 bridgehead atoms. The molecule has 1 atom stereocenters. The number of methoxy groups -OCH3 is 1. The van der Waals surface area contributed by atoms with Crippen LogP contribution in [0.4, 0.5) is 4.79 Å². The molecule has 0 radical (unpaired) electrons. The van der Waals surface area contributed by atoms with Crippen LogP contribution in [0.15, 0.2) is 134 Å². The van der Waals surface area contributed by atoms with Crippen LogP contribution in [0.3, 0.4) is 0 Å². The van der Waals surface area contributed by atoms with E-state index in [9.17, 15) is 9.59 Å². The zero-order valence-electron chi connectivity index (χ0n) is 23.8.